The maximum atomic E-state index is 14.1. The van der Waals surface area contributed by atoms with E-state index in [1.54, 1.807) is 57.2 Å². The summed E-state index contributed by atoms with van der Waals surface area (Å²) < 4.78 is 29.9. The lowest BCUT2D eigenvalue weighted by molar-refractivity contribution is -0.145. The van der Waals surface area contributed by atoms with E-state index in [1.807, 2.05) is 13.8 Å². The van der Waals surface area contributed by atoms with Crippen LogP contribution in [0.2, 0.25) is 5.02 Å². The van der Waals surface area contributed by atoms with Gasteiger partial charge in [-0.25, -0.2) is 14.6 Å². The molecule has 234 valence electrons. The SMILES string of the molecule is CCOC(=O)COc1c(Br)cc(Cl)cc1/C=c1/sc2n(c1=O)[C@@H](c1ccc(OC(C)C)c(OC)c1)C(C(=O)OCC)=C(C)N=2. The molecule has 0 N–H and O–H groups in total. The zero-order valence-corrected chi connectivity index (χ0v) is 28.2. The number of hydrogen-bond acceptors (Lipinski definition) is 10. The van der Waals surface area contributed by atoms with Crippen molar-refractivity contribution in [2.75, 3.05) is 26.9 Å². The second-order valence-corrected chi connectivity index (χ2v) is 12.1. The molecule has 0 saturated heterocycles. The Hall–Kier alpha value is -3.61. The van der Waals surface area contributed by atoms with Gasteiger partial charge in [0.15, 0.2) is 22.9 Å². The van der Waals surface area contributed by atoms with Crippen molar-refractivity contribution in [2.24, 2.45) is 4.99 Å². The van der Waals surface area contributed by atoms with Crippen molar-refractivity contribution in [2.45, 2.75) is 46.8 Å². The van der Waals surface area contributed by atoms with E-state index in [-0.39, 0.29) is 31.5 Å². The molecule has 0 fully saturated rings. The number of rotatable bonds is 11. The number of esters is 2. The Morgan fingerprint density at radius 3 is 2.52 bits per heavy atom. The fourth-order valence-electron chi connectivity index (χ4n) is 4.63. The van der Waals surface area contributed by atoms with Gasteiger partial charge in [-0.2, -0.15) is 0 Å². The zero-order valence-electron chi connectivity index (χ0n) is 25.1. The summed E-state index contributed by atoms with van der Waals surface area (Å²) in [7, 11) is 1.52. The molecular weight excluding hydrogens is 676 g/mol. The van der Waals surface area contributed by atoms with E-state index in [9.17, 15) is 14.4 Å². The van der Waals surface area contributed by atoms with Crippen LogP contribution in [0.5, 0.6) is 17.2 Å². The monoisotopic (exact) mass is 706 g/mol. The Balaban J connectivity index is 1.92. The number of ether oxygens (including phenoxy) is 5. The Kier molecular flexibility index (Phi) is 10.9. The summed E-state index contributed by atoms with van der Waals surface area (Å²) in [5, 5.41) is 0.383. The number of fused-ring (bicyclic) bond motifs is 1. The van der Waals surface area contributed by atoms with Crippen LogP contribution in [0.25, 0.3) is 6.08 Å². The van der Waals surface area contributed by atoms with Crippen molar-refractivity contribution >= 4 is 56.9 Å². The third-order valence-electron chi connectivity index (χ3n) is 6.35. The van der Waals surface area contributed by atoms with Gasteiger partial charge >= 0.3 is 11.9 Å². The molecule has 13 heteroatoms. The van der Waals surface area contributed by atoms with Crippen LogP contribution in [-0.2, 0) is 19.1 Å². The summed E-state index contributed by atoms with van der Waals surface area (Å²) in [6.45, 7) is 8.96. The first-order chi connectivity index (χ1) is 21.0. The van der Waals surface area contributed by atoms with Crippen LogP contribution in [0, 0.1) is 0 Å². The first-order valence-electron chi connectivity index (χ1n) is 13.8. The van der Waals surface area contributed by atoms with Crippen LogP contribution >= 0.6 is 38.9 Å². The van der Waals surface area contributed by atoms with Crippen LogP contribution in [0.3, 0.4) is 0 Å². The van der Waals surface area contributed by atoms with Gasteiger partial charge in [0, 0.05) is 10.6 Å². The number of carbonyl (C=O) groups is 2. The molecule has 1 aliphatic heterocycles. The van der Waals surface area contributed by atoms with Crippen molar-refractivity contribution in [3.63, 3.8) is 0 Å². The van der Waals surface area contributed by atoms with E-state index >= 15 is 0 Å². The topological polar surface area (TPSA) is 115 Å². The molecule has 0 unspecified atom stereocenters. The van der Waals surface area contributed by atoms with Gasteiger partial charge in [-0.05, 0) is 86.5 Å². The summed E-state index contributed by atoms with van der Waals surface area (Å²) in [6, 6.07) is 7.66. The molecule has 0 amide bonds. The summed E-state index contributed by atoms with van der Waals surface area (Å²) in [6.07, 6.45) is 1.52. The summed E-state index contributed by atoms with van der Waals surface area (Å²) in [5.74, 6) is 0.158. The highest BCUT2D eigenvalue weighted by Gasteiger charge is 2.34. The molecule has 0 aliphatic carbocycles. The fraction of sp³-hybridized carbons (Fsp3) is 0.355. The van der Waals surface area contributed by atoms with Gasteiger partial charge in [0.1, 0.15) is 5.75 Å². The first kappa shape index (κ1) is 33.3. The van der Waals surface area contributed by atoms with Gasteiger partial charge in [-0.1, -0.05) is 29.0 Å². The van der Waals surface area contributed by atoms with Gasteiger partial charge < -0.3 is 23.7 Å². The molecule has 0 radical (unpaired) electrons. The molecule has 2 aromatic carbocycles. The Morgan fingerprint density at radius 1 is 1.14 bits per heavy atom. The Bertz CT molecular complexity index is 1800. The first-order valence-corrected chi connectivity index (χ1v) is 15.8. The van der Waals surface area contributed by atoms with Crippen LogP contribution in [0.4, 0.5) is 0 Å². The predicted octanol–water partition coefficient (Wildman–Crippen LogP) is 4.95. The number of benzene rings is 2. The smallest absolute Gasteiger partial charge is 0.344 e. The van der Waals surface area contributed by atoms with E-state index < -0.39 is 23.5 Å². The van der Waals surface area contributed by atoms with Crippen molar-refractivity contribution < 1.29 is 33.3 Å². The molecule has 2 heterocycles. The molecule has 44 heavy (non-hydrogen) atoms. The van der Waals surface area contributed by atoms with Crippen molar-refractivity contribution in [1.29, 1.82) is 0 Å². The number of allylic oxidation sites excluding steroid dienone is 1. The summed E-state index contributed by atoms with van der Waals surface area (Å²) >= 11 is 10.9. The van der Waals surface area contributed by atoms with E-state index in [4.69, 9.17) is 35.3 Å². The summed E-state index contributed by atoms with van der Waals surface area (Å²) in [5.41, 5.74) is 1.31. The summed E-state index contributed by atoms with van der Waals surface area (Å²) in [4.78, 5) is 44.4. The average molecular weight is 708 g/mol. The number of hydrogen-bond donors (Lipinski definition) is 0. The molecule has 0 bridgehead atoms. The predicted molar refractivity (Wildman–Crippen MR) is 170 cm³/mol. The normalized spacial score (nSPS) is 14.7. The largest absolute Gasteiger partial charge is 0.493 e. The Labute approximate surface area is 271 Å². The number of halogens is 2. The van der Waals surface area contributed by atoms with Crippen LogP contribution < -0.4 is 29.1 Å². The van der Waals surface area contributed by atoms with E-state index in [2.05, 4.69) is 20.9 Å². The van der Waals surface area contributed by atoms with Gasteiger partial charge in [0.2, 0.25) is 0 Å². The molecule has 4 rings (SSSR count). The fourth-order valence-corrected chi connectivity index (χ4v) is 6.61. The van der Waals surface area contributed by atoms with Crippen LogP contribution in [0.1, 0.15) is 51.8 Å². The van der Waals surface area contributed by atoms with Crippen LogP contribution in [-0.4, -0.2) is 49.5 Å². The number of nitrogens with zero attached hydrogens (tertiary/aromatic N) is 2. The maximum Gasteiger partial charge on any atom is 0.344 e. The van der Waals surface area contributed by atoms with Crippen molar-refractivity contribution in [1.82, 2.24) is 4.57 Å². The number of methoxy groups -OCH3 is 1. The van der Waals surface area contributed by atoms with Crippen molar-refractivity contribution in [3.05, 3.63) is 81.9 Å². The molecule has 0 saturated carbocycles. The lowest BCUT2D eigenvalue weighted by Gasteiger charge is -2.25. The highest BCUT2D eigenvalue weighted by Crippen LogP contribution is 2.37. The lowest BCUT2D eigenvalue weighted by Crippen LogP contribution is -2.40. The molecule has 1 aliphatic rings. The van der Waals surface area contributed by atoms with Crippen molar-refractivity contribution in [3.8, 4) is 17.2 Å². The number of thiazole rings is 1. The minimum Gasteiger partial charge on any atom is -0.493 e. The quantitative estimate of drug-likeness (QED) is 0.257. The lowest BCUT2D eigenvalue weighted by atomic mass is 9.95. The zero-order chi connectivity index (χ0) is 32.1. The van der Waals surface area contributed by atoms with Gasteiger partial charge in [0.05, 0.1) is 52.7 Å². The minimum absolute atomic E-state index is 0.0951. The second-order valence-electron chi connectivity index (χ2n) is 9.78. The maximum absolute atomic E-state index is 14.1. The molecule has 1 aromatic heterocycles. The molecule has 3 aromatic rings. The second kappa shape index (κ2) is 14.4. The third kappa shape index (κ3) is 7.19. The van der Waals surface area contributed by atoms with Gasteiger partial charge in [-0.15, -0.1) is 0 Å². The standard InChI is InChI=1S/C31H32BrClN2O8S/c1-7-40-25(36)15-42-28-19(11-20(33)14-21(28)32)13-24-29(37)35-27(18-9-10-22(43-16(3)4)23(12-18)39-6)26(30(38)41-8-2)17(5)34-31(35)44-24/h9-14,16,27H,7-8,15H2,1-6H3/b24-13+/t27-/m0/s1. The van der Waals surface area contributed by atoms with Crippen LogP contribution in [0.15, 0.2) is 55.9 Å². The molecular formula is C31H32BrClN2O8S. The molecule has 0 spiro atoms. The minimum atomic E-state index is -0.861. The van der Waals surface area contributed by atoms with Gasteiger partial charge in [-0.3, -0.25) is 9.36 Å². The van der Waals surface area contributed by atoms with E-state index in [0.717, 1.165) is 11.3 Å². The van der Waals surface area contributed by atoms with E-state index in [1.165, 1.54) is 11.7 Å². The highest BCUT2D eigenvalue weighted by molar-refractivity contribution is 9.10. The third-order valence-corrected chi connectivity index (χ3v) is 8.14. The highest BCUT2D eigenvalue weighted by atomic mass is 79.9. The van der Waals surface area contributed by atoms with Gasteiger partial charge in [0.25, 0.3) is 5.56 Å². The average Bonchev–Trinajstić information content (AvgIpc) is 3.25. The molecule has 1 atom stereocenters. The Morgan fingerprint density at radius 2 is 1.86 bits per heavy atom. The van der Waals surface area contributed by atoms with E-state index in [0.29, 0.717) is 52.9 Å². The number of carbonyl (C=O) groups excluding carboxylic acids is 2. The molecule has 10 nitrogen and oxygen atoms in total. The number of aromatic nitrogens is 1.